The van der Waals surface area contributed by atoms with Gasteiger partial charge in [-0.2, -0.15) is 0 Å². The first-order chi connectivity index (χ1) is 7.65. The first-order valence-electron chi connectivity index (χ1n) is 5.62. The summed E-state index contributed by atoms with van der Waals surface area (Å²) in [6.45, 7) is 0.841. The lowest BCUT2D eigenvalue weighted by Crippen LogP contribution is -2.51. The van der Waals surface area contributed by atoms with E-state index in [2.05, 4.69) is 11.2 Å². The Bertz CT molecular complexity index is 307. The average Bonchev–Trinajstić information content (AvgIpc) is 2.24. The second kappa shape index (κ2) is 6.29. The Balaban J connectivity index is 2.30. The lowest BCUT2D eigenvalue weighted by atomic mass is 10.0. The van der Waals surface area contributed by atoms with E-state index in [1.54, 1.807) is 0 Å². The number of unbranched alkanes of at least 4 members (excludes halogenated alkanes) is 2. The van der Waals surface area contributed by atoms with E-state index in [4.69, 9.17) is 6.42 Å². The van der Waals surface area contributed by atoms with Crippen molar-refractivity contribution in [1.29, 1.82) is 0 Å². The molecule has 1 saturated heterocycles. The minimum atomic E-state index is -0.171. The van der Waals surface area contributed by atoms with Crippen LogP contribution in [0, 0.1) is 12.3 Å². The molecule has 0 saturated carbocycles. The van der Waals surface area contributed by atoms with Gasteiger partial charge in [0.2, 0.25) is 11.8 Å². The predicted octanol–water partition coefficient (Wildman–Crippen LogP) is 0.527. The van der Waals surface area contributed by atoms with E-state index >= 15 is 0 Å². The van der Waals surface area contributed by atoms with Crippen molar-refractivity contribution < 1.29 is 9.59 Å². The number of likely N-dealkylation sites (N-methyl/N-ethyl adjacent to an activating group) is 1. The van der Waals surface area contributed by atoms with Crippen LogP contribution in [-0.4, -0.2) is 36.3 Å². The fraction of sp³-hybridized carbons (Fsp3) is 0.667. The van der Waals surface area contributed by atoms with Crippen molar-refractivity contribution in [3.63, 3.8) is 0 Å². The highest BCUT2D eigenvalue weighted by atomic mass is 16.2. The first kappa shape index (κ1) is 12.7. The number of amides is 2. The highest BCUT2D eigenvalue weighted by molar-refractivity contribution is 6.00. The molecule has 1 heterocycles. The molecule has 4 nitrogen and oxygen atoms in total. The molecule has 0 aliphatic carbocycles. The molecule has 0 aromatic heterocycles. The van der Waals surface area contributed by atoms with Gasteiger partial charge in [-0.05, 0) is 32.9 Å². The van der Waals surface area contributed by atoms with Crippen LogP contribution in [0.4, 0.5) is 0 Å². The SMILES string of the molecule is C#CCCCCN(C)C1CCC(=O)NC1=O. The van der Waals surface area contributed by atoms with Crippen LogP contribution in [0.5, 0.6) is 0 Å². The van der Waals surface area contributed by atoms with Gasteiger partial charge in [0, 0.05) is 12.8 Å². The summed E-state index contributed by atoms with van der Waals surface area (Å²) < 4.78 is 0. The summed E-state index contributed by atoms with van der Waals surface area (Å²) in [5, 5.41) is 2.36. The highest BCUT2D eigenvalue weighted by Gasteiger charge is 2.29. The predicted molar refractivity (Wildman–Crippen MR) is 61.5 cm³/mol. The number of carbonyl (C=O) groups excluding carboxylic acids is 2. The van der Waals surface area contributed by atoms with E-state index in [1.165, 1.54) is 0 Å². The Morgan fingerprint density at radius 1 is 1.50 bits per heavy atom. The first-order valence-corrected chi connectivity index (χ1v) is 5.62. The van der Waals surface area contributed by atoms with Crippen LogP contribution in [0.15, 0.2) is 0 Å². The number of nitrogens with zero attached hydrogens (tertiary/aromatic N) is 1. The van der Waals surface area contributed by atoms with E-state index in [9.17, 15) is 9.59 Å². The second-order valence-electron chi connectivity index (χ2n) is 4.11. The Morgan fingerprint density at radius 3 is 2.88 bits per heavy atom. The molecular weight excluding hydrogens is 204 g/mol. The zero-order valence-corrected chi connectivity index (χ0v) is 9.66. The van der Waals surface area contributed by atoms with Crippen LogP contribution < -0.4 is 5.32 Å². The number of piperidine rings is 1. The number of nitrogens with one attached hydrogen (secondary N) is 1. The maximum Gasteiger partial charge on any atom is 0.243 e. The summed E-state index contributed by atoms with van der Waals surface area (Å²) in [4.78, 5) is 24.5. The van der Waals surface area contributed by atoms with Crippen LogP contribution in [0.25, 0.3) is 0 Å². The Kier molecular flexibility index (Phi) is 5.00. The molecular formula is C12H18N2O2. The Morgan fingerprint density at radius 2 is 2.25 bits per heavy atom. The van der Waals surface area contributed by atoms with Gasteiger partial charge in [-0.25, -0.2) is 0 Å². The molecule has 88 valence electrons. The molecule has 1 aliphatic heterocycles. The number of hydrogen-bond acceptors (Lipinski definition) is 3. The minimum Gasteiger partial charge on any atom is -0.295 e. The van der Waals surface area contributed by atoms with Gasteiger partial charge in [-0.3, -0.25) is 19.8 Å². The van der Waals surface area contributed by atoms with E-state index in [1.807, 2.05) is 11.9 Å². The second-order valence-corrected chi connectivity index (χ2v) is 4.11. The monoisotopic (exact) mass is 222 g/mol. The standard InChI is InChI=1S/C12H18N2O2/c1-3-4-5-6-9-14(2)10-7-8-11(15)13-12(10)16/h1,10H,4-9H2,2H3,(H,13,15,16). The van der Waals surface area contributed by atoms with Gasteiger partial charge in [0.05, 0.1) is 6.04 Å². The van der Waals surface area contributed by atoms with Crippen molar-refractivity contribution in [2.45, 2.75) is 38.1 Å². The van der Waals surface area contributed by atoms with Crippen molar-refractivity contribution >= 4 is 11.8 Å². The average molecular weight is 222 g/mol. The van der Waals surface area contributed by atoms with Crippen molar-refractivity contribution in [3.8, 4) is 12.3 Å². The van der Waals surface area contributed by atoms with E-state index in [0.717, 1.165) is 25.8 Å². The van der Waals surface area contributed by atoms with Gasteiger partial charge in [0.15, 0.2) is 0 Å². The third-order valence-electron chi connectivity index (χ3n) is 2.82. The van der Waals surface area contributed by atoms with E-state index < -0.39 is 0 Å². The van der Waals surface area contributed by atoms with Crippen LogP contribution in [-0.2, 0) is 9.59 Å². The van der Waals surface area contributed by atoms with Gasteiger partial charge in [-0.1, -0.05) is 0 Å². The number of rotatable bonds is 5. The van der Waals surface area contributed by atoms with E-state index in [0.29, 0.717) is 12.8 Å². The molecule has 1 atom stereocenters. The topological polar surface area (TPSA) is 49.4 Å². The minimum absolute atomic E-state index is 0.163. The van der Waals surface area contributed by atoms with Crippen molar-refractivity contribution in [3.05, 3.63) is 0 Å². The maximum absolute atomic E-state index is 11.5. The Hall–Kier alpha value is -1.34. The summed E-state index contributed by atoms with van der Waals surface area (Å²) in [5.41, 5.74) is 0. The van der Waals surface area contributed by atoms with Crippen LogP contribution in [0.2, 0.25) is 0 Å². The third-order valence-corrected chi connectivity index (χ3v) is 2.82. The lowest BCUT2D eigenvalue weighted by molar-refractivity contribution is -0.137. The molecule has 1 N–H and O–H groups in total. The molecule has 1 unspecified atom stereocenters. The zero-order chi connectivity index (χ0) is 12.0. The van der Waals surface area contributed by atoms with E-state index in [-0.39, 0.29) is 17.9 Å². The summed E-state index contributed by atoms with van der Waals surface area (Å²) in [6.07, 6.45) is 8.96. The molecule has 16 heavy (non-hydrogen) atoms. The number of imide groups is 1. The normalized spacial score (nSPS) is 20.7. The quantitative estimate of drug-likeness (QED) is 0.419. The zero-order valence-electron chi connectivity index (χ0n) is 9.66. The van der Waals surface area contributed by atoms with Gasteiger partial charge >= 0.3 is 0 Å². The molecule has 2 amide bonds. The van der Waals surface area contributed by atoms with Crippen LogP contribution >= 0.6 is 0 Å². The van der Waals surface area contributed by atoms with Gasteiger partial charge in [0.1, 0.15) is 0 Å². The van der Waals surface area contributed by atoms with Gasteiger partial charge in [0.25, 0.3) is 0 Å². The van der Waals surface area contributed by atoms with Gasteiger partial charge in [-0.15, -0.1) is 12.3 Å². The summed E-state index contributed by atoms with van der Waals surface area (Å²) in [5.74, 6) is 2.26. The molecule has 1 rings (SSSR count). The number of terminal acetylenes is 1. The number of carbonyl (C=O) groups is 2. The molecule has 4 heteroatoms. The number of hydrogen-bond donors (Lipinski definition) is 1. The molecule has 0 bridgehead atoms. The fourth-order valence-corrected chi connectivity index (χ4v) is 1.85. The highest BCUT2D eigenvalue weighted by Crippen LogP contribution is 2.11. The van der Waals surface area contributed by atoms with Crippen molar-refractivity contribution in [2.75, 3.05) is 13.6 Å². The third kappa shape index (κ3) is 3.67. The molecule has 1 fully saturated rings. The Labute approximate surface area is 96.4 Å². The lowest BCUT2D eigenvalue weighted by Gasteiger charge is -2.29. The molecule has 1 aliphatic rings. The smallest absolute Gasteiger partial charge is 0.243 e. The fourth-order valence-electron chi connectivity index (χ4n) is 1.85. The summed E-state index contributed by atoms with van der Waals surface area (Å²) in [7, 11) is 1.91. The largest absolute Gasteiger partial charge is 0.295 e. The molecule has 0 aromatic rings. The van der Waals surface area contributed by atoms with Gasteiger partial charge < -0.3 is 0 Å². The summed E-state index contributed by atoms with van der Waals surface area (Å²) >= 11 is 0. The van der Waals surface area contributed by atoms with Crippen molar-refractivity contribution in [2.24, 2.45) is 0 Å². The molecule has 0 spiro atoms. The van der Waals surface area contributed by atoms with Crippen molar-refractivity contribution in [1.82, 2.24) is 10.2 Å². The van der Waals surface area contributed by atoms with Crippen LogP contribution in [0.3, 0.4) is 0 Å². The molecule has 0 radical (unpaired) electrons. The summed E-state index contributed by atoms with van der Waals surface area (Å²) in [6, 6.07) is -0.163. The maximum atomic E-state index is 11.5. The molecule has 0 aromatic carbocycles. The van der Waals surface area contributed by atoms with Crippen LogP contribution in [0.1, 0.15) is 32.1 Å².